The molecule has 1 atom stereocenters. The molecule has 3 heterocycles. The lowest BCUT2D eigenvalue weighted by Gasteiger charge is -2.35. The average Bonchev–Trinajstić information content (AvgIpc) is 3.16. The van der Waals surface area contributed by atoms with Gasteiger partial charge in [-0.05, 0) is 17.7 Å². The van der Waals surface area contributed by atoms with E-state index in [9.17, 15) is 9.90 Å². The number of hydrogen-bond donors (Lipinski definition) is 2. The molecule has 0 spiro atoms. The minimum Gasteiger partial charge on any atom is -0.387 e. The zero-order valence-corrected chi connectivity index (χ0v) is 15.6. The lowest BCUT2D eigenvalue weighted by molar-refractivity contribution is 0.0808. The van der Waals surface area contributed by atoms with Gasteiger partial charge >= 0.3 is 6.03 Å². The van der Waals surface area contributed by atoms with Crippen molar-refractivity contribution in [2.75, 3.05) is 32.7 Å². The van der Waals surface area contributed by atoms with Gasteiger partial charge in [-0.2, -0.15) is 0 Å². The molecule has 8 heteroatoms. The lowest BCUT2D eigenvalue weighted by Crippen LogP contribution is -2.52. The number of amides is 2. The molecule has 4 rings (SSSR count). The van der Waals surface area contributed by atoms with E-state index in [1.807, 2.05) is 59.1 Å². The van der Waals surface area contributed by atoms with Gasteiger partial charge in [-0.3, -0.25) is 9.30 Å². The van der Waals surface area contributed by atoms with Crippen molar-refractivity contribution in [3.63, 3.8) is 0 Å². The third kappa shape index (κ3) is 4.13. The number of rotatable bonds is 5. The van der Waals surface area contributed by atoms with E-state index in [0.717, 1.165) is 24.3 Å². The maximum absolute atomic E-state index is 12.5. The molecule has 3 aromatic rings. The number of urea groups is 1. The molecule has 0 bridgehead atoms. The Morgan fingerprint density at radius 2 is 1.79 bits per heavy atom. The van der Waals surface area contributed by atoms with Crippen LogP contribution in [0.5, 0.6) is 0 Å². The van der Waals surface area contributed by atoms with Crippen molar-refractivity contribution in [2.24, 2.45) is 0 Å². The summed E-state index contributed by atoms with van der Waals surface area (Å²) >= 11 is 0. The van der Waals surface area contributed by atoms with E-state index >= 15 is 0 Å². The van der Waals surface area contributed by atoms with Crippen molar-refractivity contribution in [3.8, 4) is 0 Å². The van der Waals surface area contributed by atoms with E-state index in [1.165, 1.54) is 0 Å². The van der Waals surface area contributed by atoms with Crippen LogP contribution in [0, 0.1) is 0 Å². The van der Waals surface area contributed by atoms with E-state index in [-0.39, 0.29) is 6.03 Å². The van der Waals surface area contributed by atoms with Crippen LogP contribution in [0.3, 0.4) is 0 Å². The van der Waals surface area contributed by atoms with Crippen LogP contribution < -0.4 is 5.32 Å². The zero-order chi connectivity index (χ0) is 19.3. The van der Waals surface area contributed by atoms with Gasteiger partial charge in [0.05, 0.1) is 12.6 Å². The molecule has 2 aromatic heterocycles. The van der Waals surface area contributed by atoms with Gasteiger partial charge in [-0.1, -0.05) is 36.4 Å². The number of hydrogen-bond acceptors (Lipinski definition) is 5. The summed E-state index contributed by atoms with van der Waals surface area (Å²) in [5.74, 6) is 0.702. The van der Waals surface area contributed by atoms with Gasteiger partial charge < -0.3 is 15.3 Å². The highest BCUT2D eigenvalue weighted by molar-refractivity contribution is 5.74. The van der Waals surface area contributed by atoms with Gasteiger partial charge in [-0.15, -0.1) is 10.2 Å². The number of carbonyl (C=O) groups excluding carboxylic acids is 1. The fourth-order valence-electron chi connectivity index (χ4n) is 3.44. The summed E-state index contributed by atoms with van der Waals surface area (Å²) in [6.45, 7) is 3.65. The first kappa shape index (κ1) is 18.4. The minimum atomic E-state index is -0.511. The van der Waals surface area contributed by atoms with Crippen LogP contribution in [0.4, 0.5) is 4.79 Å². The van der Waals surface area contributed by atoms with Gasteiger partial charge in [0.1, 0.15) is 0 Å². The Hall–Kier alpha value is -2.97. The van der Waals surface area contributed by atoms with Crippen molar-refractivity contribution in [1.82, 2.24) is 29.7 Å². The van der Waals surface area contributed by atoms with E-state index in [4.69, 9.17) is 0 Å². The number of aliphatic hydroxyl groups is 1. The molecule has 146 valence electrons. The highest BCUT2D eigenvalue weighted by Gasteiger charge is 2.23. The maximum atomic E-state index is 12.5. The molecule has 28 heavy (non-hydrogen) atoms. The van der Waals surface area contributed by atoms with Crippen LogP contribution in [0.2, 0.25) is 0 Å². The monoisotopic (exact) mass is 380 g/mol. The number of pyridine rings is 1. The SMILES string of the molecule is O=C(NCc1nnc2ccccn12)N1CCN(CC(O)c2ccccc2)CC1. The molecule has 0 aliphatic carbocycles. The van der Waals surface area contributed by atoms with Crippen LogP contribution >= 0.6 is 0 Å². The van der Waals surface area contributed by atoms with E-state index in [1.54, 1.807) is 4.90 Å². The molecule has 1 fully saturated rings. The third-order valence-corrected chi connectivity index (χ3v) is 5.06. The number of β-amino-alcohol motifs (C(OH)–C–C–N with tert-alkyl or cyclic N) is 1. The van der Waals surface area contributed by atoms with Crippen LogP contribution in [0.1, 0.15) is 17.5 Å². The first-order chi connectivity index (χ1) is 13.7. The van der Waals surface area contributed by atoms with E-state index < -0.39 is 6.10 Å². The topological polar surface area (TPSA) is 86.0 Å². The second-order valence-corrected chi connectivity index (χ2v) is 6.92. The van der Waals surface area contributed by atoms with Crippen LogP contribution in [-0.4, -0.2) is 68.3 Å². The summed E-state index contributed by atoms with van der Waals surface area (Å²) in [6, 6.07) is 15.3. The molecule has 2 amide bonds. The molecule has 1 aliphatic heterocycles. The number of benzene rings is 1. The predicted octanol–water partition coefficient (Wildman–Crippen LogP) is 1.29. The second-order valence-electron chi connectivity index (χ2n) is 6.92. The first-order valence-electron chi connectivity index (χ1n) is 9.47. The van der Waals surface area contributed by atoms with Crippen LogP contribution in [0.25, 0.3) is 5.65 Å². The summed E-state index contributed by atoms with van der Waals surface area (Å²) in [5, 5.41) is 21.5. The standard InChI is InChI=1S/C20H24N6O2/c27-17(16-6-2-1-3-7-16)15-24-10-12-25(13-11-24)20(28)21-14-19-23-22-18-8-4-5-9-26(18)19/h1-9,17,27H,10-15H2,(H,21,28). The molecule has 1 aliphatic rings. The Balaban J connectivity index is 1.25. The molecule has 2 N–H and O–H groups in total. The van der Waals surface area contributed by atoms with E-state index in [0.29, 0.717) is 32.0 Å². The highest BCUT2D eigenvalue weighted by Crippen LogP contribution is 2.15. The van der Waals surface area contributed by atoms with Crippen molar-refractivity contribution >= 4 is 11.7 Å². The Labute approximate surface area is 163 Å². The maximum Gasteiger partial charge on any atom is 0.317 e. The Kier molecular flexibility index (Phi) is 5.50. The molecule has 8 nitrogen and oxygen atoms in total. The number of nitrogens with zero attached hydrogens (tertiary/aromatic N) is 5. The molecule has 1 saturated heterocycles. The largest absolute Gasteiger partial charge is 0.387 e. The summed E-state index contributed by atoms with van der Waals surface area (Å²) in [6.07, 6.45) is 1.37. The average molecular weight is 380 g/mol. The smallest absolute Gasteiger partial charge is 0.317 e. The Morgan fingerprint density at radius 3 is 2.57 bits per heavy atom. The summed E-state index contributed by atoms with van der Waals surface area (Å²) in [7, 11) is 0. The number of carbonyl (C=O) groups is 1. The van der Waals surface area contributed by atoms with Crippen molar-refractivity contribution in [3.05, 3.63) is 66.1 Å². The Bertz CT molecular complexity index is 921. The van der Waals surface area contributed by atoms with Gasteiger partial charge in [0.15, 0.2) is 11.5 Å². The van der Waals surface area contributed by atoms with Gasteiger partial charge in [0.2, 0.25) is 0 Å². The van der Waals surface area contributed by atoms with Gasteiger partial charge in [0.25, 0.3) is 0 Å². The van der Waals surface area contributed by atoms with Gasteiger partial charge in [-0.25, -0.2) is 4.79 Å². The summed E-state index contributed by atoms with van der Waals surface area (Å²) in [4.78, 5) is 16.5. The fourth-order valence-corrected chi connectivity index (χ4v) is 3.44. The highest BCUT2D eigenvalue weighted by atomic mass is 16.3. The van der Waals surface area contributed by atoms with Crippen LogP contribution in [0.15, 0.2) is 54.7 Å². The lowest BCUT2D eigenvalue weighted by atomic mass is 10.1. The van der Waals surface area contributed by atoms with Gasteiger partial charge in [0, 0.05) is 38.9 Å². The first-order valence-corrected chi connectivity index (χ1v) is 9.47. The van der Waals surface area contributed by atoms with Crippen molar-refractivity contribution < 1.29 is 9.90 Å². The molecule has 1 unspecified atom stereocenters. The normalized spacial score (nSPS) is 16.2. The zero-order valence-electron chi connectivity index (χ0n) is 15.6. The number of nitrogens with one attached hydrogen (secondary N) is 1. The van der Waals surface area contributed by atoms with Crippen molar-refractivity contribution in [2.45, 2.75) is 12.6 Å². The quantitative estimate of drug-likeness (QED) is 0.697. The summed E-state index contributed by atoms with van der Waals surface area (Å²) in [5.41, 5.74) is 1.68. The van der Waals surface area contributed by atoms with E-state index in [2.05, 4.69) is 20.4 Å². The van der Waals surface area contributed by atoms with Crippen molar-refractivity contribution in [1.29, 1.82) is 0 Å². The predicted molar refractivity (Wildman–Crippen MR) is 105 cm³/mol. The second kappa shape index (κ2) is 8.37. The Morgan fingerprint density at radius 1 is 1.04 bits per heavy atom. The molecule has 1 aromatic carbocycles. The summed E-state index contributed by atoms with van der Waals surface area (Å²) < 4.78 is 1.86. The number of aromatic nitrogens is 3. The molecular formula is C20H24N6O2. The number of fused-ring (bicyclic) bond motifs is 1. The van der Waals surface area contributed by atoms with Crippen LogP contribution in [-0.2, 0) is 6.54 Å². The number of piperazine rings is 1. The molecular weight excluding hydrogens is 356 g/mol. The minimum absolute atomic E-state index is 0.101. The third-order valence-electron chi connectivity index (χ3n) is 5.06. The fraction of sp³-hybridized carbons (Fsp3) is 0.350. The number of aliphatic hydroxyl groups excluding tert-OH is 1. The molecule has 0 saturated carbocycles. The molecule has 0 radical (unpaired) electrons.